The molecule has 1 unspecified atom stereocenters. The first-order chi connectivity index (χ1) is 9.26. The van der Waals surface area contributed by atoms with Gasteiger partial charge in [-0.3, -0.25) is 0 Å². The van der Waals surface area contributed by atoms with Gasteiger partial charge in [-0.25, -0.2) is 4.79 Å². The van der Waals surface area contributed by atoms with Gasteiger partial charge in [-0.1, -0.05) is 12.1 Å². The Balaban J connectivity index is 2.83. The third-order valence-corrected chi connectivity index (χ3v) is 2.76. The summed E-state index contributed by atoms with van der Waals surface area (Å²) in [5.41, 5.74) is 7.12. The molecular weight excluding hydrogens is 256 g/mol. The van der Waals surface area contributed by atoms with Crippen molar-refractivity contribution in [2.75, 3.05) is 13.7 Å². The first-order valence-corrected chi connectivity index (χ1v) is 6.61. The standard InChI is InChI=1S/C15H24N2O3/c1-10-6-7-11(8-13(10)19-5)12(9-16)17-14(18)20-15(2,3)4/h6-8,12H,9,16H2,1-5H3,(H,17,18). The fraction of sp³-hybridized carbons (Fsp3) is 0.533. The van der Waals surface area contributed by atoms with E-state index >= 15 is 0 Å². The second-order valence-corrected chi connectivity index (χ2v) is 5.66. The molecule has 5 nitrogen and oxygen atoms in total. The number of alkyl carbamates (subject to hydrolysis) is 1. The van der Waals surface area contributed by atoms with Crippen LogP contribution < -0.4 is 15.8 Å². The maximum atomic E-state index is 11.8. The molecule has 0 heterocycles. The Morgan fingerprint density at radius 1 is 1.40 bits per heavy atom. The van der Waals surface area contributed by atoms with Crippen molar-refractivity contribution < 1.29 is 14.3 Å². The second-order valence-electron chi connectivity index (χ2n) is 5.66. The monoisotopic (exact) mass is 280 g/mol. The number of amides is 1. The molecule has 20 heavy (non-hydrogen) atoms. The lowest BCUT2D eigenvalue weighted by Crippen LogP contribution is -2.37. The molecule has 0 bridgehead atoms. The number of carbonyl (C=O) groups is 1. The van der Waals surface area contributed by atoms with E-state index in [1.54, 1.807) is 7.11 Å². The Morgan fingerprint density at radius 3 is 2.55 bits per heavy atom. The van der Waals surface area contributed by atoms with E-state index in [2.05, 4.69) is 5.32 Å². The molecule has 3 N–H and O–H groups in total. The fourth-order valence-electron chi connectivity index (χ4n) is 1.78. The number of nitrogens with two attached hydrogens (primary N) is 1. The maximum absolute atomic E-state index is 11.8. The van der Waals surface area contributed by atoms with E-state index in [4.69, 9.17) is 15.2 Å². The van der Waals surface area contributed by atoms with Gasteiger partial charge in [0.25, 0.3) is 0 Å². The summed E-state index contributed by atoms with van der Waals surface area (Å²) >= 11 is 0. The van der Waals surface area contributed by atoms with Gasteiger partial charge in [-0.05, 0) is 44.9 Å². The molecule has 0 fully saturated rings. The first-order valence-electron chi connectivity index (χ1n) is 6.61. The average molecular weight is 280 g/mol. The summed E-state index contributed by atoms with van der Waals surface area (Å²) in [7, 11) is 1.62. The van der Waals surface area contributed by atoms with Crippen molar-refractivity contribution in [1.82, 2.24) is 5.32 Å². The third-order valence-electron chi connectivity index (χ3n) is 2.76. The Hall–Kier alpha value is -1.75. The van der Waals surface area contributed by atoms with Crippen LogP contribution >= 0.6 is 0 Å². The second kappa shape index (κ2) is 6.61. The van der Waals surface area contributed by atoms with Crippen molar-refractivity contribution in [3.8, 4) is 5.75 Å². The van der Waals surface area contributed by atoms with Gasteiger partial charge in [-0.2, -0.15) is 0 Å². The highest BCUT2D eigenvalue weighted by atomic mass is 16.6. The van der Waals surface area contributed by atoms with Crippen LogP contribution in [0.5, 0.6) is 5.75 Å². The van der Waals surface area contributed by atoms with Crippen LogP contribution in [0.4, 0.5) is 4.79 Å². The molecule has 0 saturated carbocycles. The number of hydrogen-bond acceptors (Lipinski definition) is 4. The van der Waals surface area contributed by atoms with E-state index in [-0.39, 0.29) is 12.6 Å². The highest BCUT2D eigenvalue weighted by Gasteiger charge is 2.20. The van der Waals surface area contributed by atoms with E-state index in [1.165, 1.54) is 0 Å². The third kappa shape index (κ3) is 4.74. The van der Waals surface area contributed by atoms with Gasteiger partial charge in [-0.15, -0.1) is 0 Å². The zero-order chi connectivity index (χ0) is 15.3. The number of carbonyl (C=O) groups excluding carboxylic acids is 1. The summed E-state index contributed by atoms with van der Waals surface area (Å²) in [5.74, 6) is 0.770. The Kier molecular flexibility index (Phi) is 5.39. The van der Waals surface area contributed by atoms with Crippen LogP contribution in [0.1, 0.15) is 37.9 Å². The van der Waals surface area contributed by atoms with Gasteiger partial charge < -0.3 is 20.5 Å². The summed E-state index contributed by atoms with van der Waals surface area (Å²) in [4.78, 5) is 11.8. The summed E-state index contributed by atoms with van der Waals surface area (Å²) < 4.78 is 10.5. The van der Waals surface area contributed by atoms with Crippen LogP contribution in [-0.4, -0.2) is 25.3 Å². The molecule has 1 aromatic carbocycles. The Labute approximate surface area is 120 Å². The van der Waals surface area contributed by atoms with Gasteiger partial charge in [0.15, 0.2) is 0 Å². The molecule has 0 aliphatic heterocycles. The molecule has 1 atom stereocenters. The summed E-state index contributed by atoms with van der Waals surface area (Å²) in [6.45, 7) is 7.70. The highest BCUT2D eigenvalue weighted by molar-refractivity contribution is 5.68. The Bertz CT molecular complexity index is 467. The largest absolute Gasteiger partial charge is 0.496 e. The lowest BCUT2D eigenvalue weighted by Gasteiger charge is -2.23. The molecule has 1 aromatic rings. The van der Waals surface area contributed by atoms with Crippen molar-refractivity contribution in [3.05, 3.63) is 29.3 Å². The molecule has 5 heteroatoms. The van der Waals surface area contributed by atoms with Gasteiger partial charge in [0.2, 0.25) is 0 Å². The number of ether oxygens (including phenoxy) is 2. The predicted molar refractivity (Wildman–Crippen MR) is 78.9 cm³/mol. The SMILES string of the molecule is COc1cc(C(CN)NC(=O)OC(C)(C)C)ccc1C. The minimum atomic E-state index is -0.534. The van der Waals surface area contributed by atoms with E-state index in [0.717, 1.165) is 16.9 Å². The normalized spacial score (nSPS) is 12.7. The van der Waals surface area contributed by atoms with E-state index in [9.17, 15) is 4.79 Å². The zero-order valence-corrected chi connectivity index (χ0v) is 12.8. The highest BCUT2D eigenvalue weighted by Crippen LogP contribution is 2.23. The van der Waals surface area contributed by atoms with Gasteiger partial charge >= 0.3 is 6.09 Å². The van der Waals surface area contributed by atoms with Crippen molar-refractivity contribution >= 4 is 6.09 Å². The lowest BCUT2D eigenvalue weighted by atomic mass is 10.0. The minimum absolute atomic E-state index is 0.283. The van der Waals surface area contributed by atoms with Crippen LogP contribution in [0, 0.1) is 6.92 Å². The Morgan fingerprint density at radius 2 is 2.05 bits per heavy atom. The maximum Gasteiger partial charge on any atom is 0.408 e. The van der Waals surface area contributed by atoms with Gasteiger partial charge in [0.05, 0.1) is 13.2 Å². The van der Waals surface area contributed by atoms with Crippen LogP contribution in [0.3, 0.4) is 0 Å². The first kappa shape index (κ1) is 16.3. The predicted octanol–water partition coefficient (Wildman–Crippen LogP) is 2.53. The zero-order valence-electron chi connectivity index (χ0n) is 12.8. The minimum Gasteiger partial charge on any atom is -0.496 e. The van der Waals surface area contributed by atoms with Crippen molar-refractivity contribution in [3.63, 3.8) is 0 Å². The molecule has 0 saturated heterocycles. The number of nitrogens with one attached hydrogen (secondary N) is 1. The molecule has 0 aliphatic carbocycles. The summed E-state index contributed by atoms with van der Waals surface area (Å²) in [6, 6.07) is 5.43. The number of benzene rings is 1. The number of hydrogen-bond donors (Lipinski definition) is 2. The molecule has 0 spiro atoms. The van der Waals surface area contributed by atoms with Crippen molar-refractivity contribution in [1.29, 1.82) is 0 Å². The topological polar surface area (TPSA) is 73.6 Å². The van der Waals surface area contributed by atoms with Crippen LogP contribution in [0.15, 0.2) is 18.2 Å². The quantitative estimate of drug-likeness (QED) is 0.889. The summed E-state index contributed by atoms with van der Waals surface area (Å²) in [5, 5.41) is 2.77. The number of methoxy groups -OCH3 is 1. The van der Waals surface area contributed by atoms with Crippen molar-refractivity contribution in [2.45, 2.75) is 39.3 Å². The van der Waals surface area contributed by atoms with Gasteiger partial charge in [0, 0.05) is 6.54 Å². The van der Waals surface area contributed by atoms with Crippen LogP contribution in [-0.2, 0) is 4.74 Å². The van der Waals surface area contributed by atoms with E-state index < -0.39 is 11.7 Å². The smallest absolute Gasteiger partial charge is 0.408 e. The fourth-order valence-corrected chi connectivity index (χ4v) is 1.78. The molecule has 1 amide bonds. The van der Waals surface area contributed by atoms with E-state index in [0.29, 0.717) is 0 Å². The summed E-state index contributed by atoms with van der Waals surface area (Å²) in [6.07, 6.45) is -0.479. The molecule has 0 aliphatic rings. The molecule has 0 radical (unpaired) electrons. The molecule has 1 rings (SSSR count). The van der Waals surface area contributed by atoms with Crippen LogP contribution in [0.25, 0.3) is 0 Å². The van der Waals surface area contributed by atoms with Crippen LogP contribution in [0.2, 0.25) is 0 Å². The average Bonchev–Trinajstić information content (AvgIpc) is 2.34. The lowest BCUT2D eigenvalue weighted by molar-refractivity contribution is 0.0505. The molecule has 112 valence electrons. The number of rotatable bonds is 4. The number of aryl methyl sites for hydroxylation is 1. The van der Waals surface area contributed by atoms with Crippen molar-refractivity contribution in [2.24, 2.45) is 5.73 Å². The molecular formula is C15H24N2O3. The van der Waals surface area contributed by atoms with Gasteiger partial charge in [0.1, 0.15) is 11.4 Å². The molecule has 0 aromatic heterocycles. The van der Waals surface area contributed by atoms with E-state index in [1.807, 2.05) is 45.9 Å².